The number of aromatic hydroxyl groups is 1. The quantitative estimate of drug-likeness (QED) is 0.679. The predicted molar refractivity (Wildman–Crippen MR) is 108 cm³/mol. The Morgan fingerprint density at radius 2 is 1.75 bits per heavy atom. The largest absolute Gasteiger partial charge is 0.506 e. The fourth-order valence-corrected chi connectivity index (χ4v) is 5.19. The van der Waals surface area contributed by atoms with E-state index in [1.807, 2.05) is 18.2 Å². The molecule has 4 rings (SSSR count). The monoisotopic (exact) mass is 418 g/mol. The Labute approximate surface area is 163 Å². The van der Waals surface area contributed by atoms with Crippen LogP contribution in [0, 0.1) is 0 Å². The van der Waals surface area contributed by atoms with E-state index in [0.717, 1.165) is 32.5 Å². The number of hydrogen-bond donors (Lipinski definition) is 2. The van der Waals surface area contributed by atoms with Crippen molar-refractivity contribution in [2.45, 2.75) is 4.90 Å². The Morgan fingerprint density at radius 1 is 1.00 bits per heavy atom. The molecule has 7 nitrogen and oxygen atoms in total. The van der Waals surface area contributed by atoms with Crippen LogP contribution in [0.1, 0.15) is 0 Å². The summed E-state index contributed by atoms with van der Waals surface area (Å²) in [5.41, 5.74) is 1.73. The van der Waals surface area contributed by atoms with Crippen molar-refractivity contribution in [1.82, 2.24) is 4.72 Å². The van der Waals surface area contributed by atoms with Gasteiger partial charge in [-0.1, -0.05) is 24.3 Å². The summed E-state index contributed by atoms with van der Waals surface area (Å²) >= 11 is 0. The summed E-state index contributed by atoms with van der Waals surface area (Å²) in [5.74, 6) is -0.119. The molecule has 9 heteroatoms. The maximum atomic E-state index is 12.1. The molecule has 0 saturated carbocycles. The van der Waals surface area contributed by atoms with Gasteiger partial charge in [-0.15, -0.1) is 0 Å². The minimum absolute atomic E-state index is 0.119. The molecule has 1 aliphatic heterocycles. The number of anilines is 1. The number of nitrogens with zero attached hydrogens (tertiary/aromatic N) is 1. The predicted octanol–water partition coefficient (Wildman–Crippen LogP) is 2.27. The van der Waals surface area contributed by atoms with Gasteiger partial charge in [0.1, 0.15) is 5.75 Å². The molecule has 0 spiro atoms. The maximum Gasteiger partial charge on any atom is 0.301 e. The first-order chi connectivity index (χ1) is 13.1. The van der Waals surface area contributed by atoms with Crippen LogP contribution < -0.4 is 9.03 Å². The normalized spacial score (nSPS) is 16.5. The molecule has 0 unspecified atom stereocenters. The molecule has 1 fully saturated rings. The van der Waals surface area contributed by atoms with Gasteiger partial charge >= 0.3 is 10.2 Å². The fourth-order valence-electron chi connectivity index (χ4n) is 3.28. The van der Waals surface area contributed by atoms with Crippen LogP contribution in [0.15, 0.2) is 59.5 Å². The van der Waals surface area contributed by atoms with Gasteiger partial charge in [-0.3, -0.25) is 4.31 Å². The Balaban J connectivity index is 1.84. The van der Waals surface area contributed by atoms with Crippen molar-refractivity contribution in [2.24, 2.45) is 0 Å². The zero-order valence-electron chi connectivity index (χ0n) is 15.0. The zero-order valence-corrected chi connectivity index (χ0v) is 16.6. The van der Waals surface area contributed by atoms with Gasteiger partial charge in [0.2, 0.25) is 0 Å². The first-order valence-corrected chi connectivity index (χ1v) is 11.8. The van der Waals surface area contributed by atoms with Crippen LogP contribution in [-0.2, 0) is 20.0 Å². The van der Waals surface area contributed by atoms with Crippen molar-refractivity contribution in [3.8, 4) is 16.9 Å². The Kier molecular flexibility index (Phi) is 4.33. The SMILES string of the molecule is CS(=O)(=O)c1cccc(-c2ccc3cc(O)c(N4CCNS4(=O)=O)cc3c2)c1. The topological polar surface area (TPSA) is 104 Å². The van der Waals surface area contributed by atoms with Crippen LogP contribution in [0.5, 0.6) is 5.75 Å². The van der Waals surface area contributed by atoms with Gasteiger partial charge in [0.25, 0.3) is 0 Å². The minimum Gasteiger partial charge on any atom is -0.506 e. The van der Waals surface area contributed by atoms with E-state index in [4.69, 9.17) is 0 Å². The minimum atomic E-state index is -3.66. The highest BCUT2D eigenvalue weighted by atomic mass is 32.2. The molecule has 3 aromatic rings. The Morgan fingerprint density at radius 3 is 2.43 bits per heavy atom. The molecule has 2 N–H and O–H groups in total. The molecular weight excluding hydrogens is 400 g/mol. The van der Waals surface area contributed by atoms with Crippen molar-refractivity contribution < 1.29 is 21.9 Å². The molecule has 0 bridgehead atoms. The summed E-state index contributed by atoms with van der Waals surface area (Å²) in [5, 5.41) is 11.8. The molecule has 1 aliphatic rings. The number of phenolic OH excluding ortho intramolecular Hbond substituents is 1. The summed E-state index contributed by atoms with van der Waals surface area (Å²) in [6, 6.07) is 15.3. The zero-order chi connectivity index (χ0) is 20.1. The molecule has 1 heterocycles. The summed E-state index contributed by atoms with van der Waals surface area (Å²) in [7, 11) is -6.98. The summed E-state index contributed by atoms with van der Waals surface area (Å²) in [6.07, 6.45) is 1.16. The van der Waals surface area contributed by atoms with Crippen molar-refractivity contribution in [1.29, 1.82) is 0 Å². The van der Waals surface area contributed by atoms with Gasteiger partial charge in [0.05, 0.1) is 10.6 Å². The molecule has 3 aromatic carbocycles. The number of nitrogens with one attached hydrogen (secondary N) is 1. The standard InChI is InChI=1S/C19H18N2O5S2/c1-27(23,24)17-4-2-3-13(10-17)14-5-6-15-12-19(22)18(11-16(15)9-14)21-8-7-20-28(21,25)26/h2-6,9-12,20,22H,7-8H2,1H3. The molecule has 0 aliphatic carbocycles. The van der Waals surface area contributed by atoms with Crippen LogP contribution in [0.2, 0.25) is 0 Å². The van der Waals surface area contributed by atoms with E-state index < -0.39 is 20.0 Å². The van der Waals surface area contributed by atoms with Crippen LogP contribution in [0.3, 0.4) is 0 Å². The second kappa shape index (κ2) is 6.47. The van der Waals surface area contributed by atoms with Crippen LogP contribution in [0.4, 0.5) is 5.69 Å². The van der Waals surface area contributed by atoms with E-state index in [0.29, 0.717) is 0 Å². The second-order valence-corrected chi connectivity index (χ2v) is 10.4. The smallest absolute Gasteiger partial charge is 0.301 e. The van der Waals surface area contributed by atoms with Crippen LogP contribution >= 0.6 is 0 Å². The lowest BCUT2D eigenvalue weighted by atomic mass is 10.0. The lowest BCUT2D eigenvalue weighted by Gasteiger charge is -2.18. The van der Waals surface area contributed by atoms with Crippen molar-refractivity contribution in [2.75, 3.05) is 23.7 Å². The maximum absolute atomic E-state index is 12.1. The van der Waals surface area contributed by atoms with Crippen molar-refractivity contribution in [3.63, 3.8) is 0 Å². The van der Waals surface area contributed by atoms with E-state index >= 15 is 0 Å². The van der Waals surface area contributed by atoms with Crippen LogP contribution in [0.25, 0.3) is 21.9 Å². The third-order valence-electron chi connectivity index (χ3n) is 4.69. The number of sulfone groups is 1. The van der Waals surface area contributed by atoms with E-state index in [1.165, 1.54) is 6.07 Å². The lowest BCUT2D eigenvalue weighted by Crippen LogP contribution is -2.29. The highest BCUT2D eigenvalue weighted by Gasteiger charge is 2.30. The third-order valence-corrected chi connectivity index (χ3v) is 7.33. The van der Waals surface area contributed by atoms with Gasteiger partial charge in [0, 0.05) is 19.3 Å². The highest BCUT2D eigenvalue weighted by Crippen LogP contribution is 2.36. The number of phenols is 1. The first kappa shape index (κ1) is 18.7. The molecule has 28 heavy (non-hydrogen) atoms. The number of fused-ring (bicyclic) bond motifs is 1. The van der Waals surface area contributed by atoms with E-state index in [2.05, 4.69) is 4.72 Å². The highest BCUT2D eigenvalue weighted by molar-refractivity contribution is 7.91. The van der Waals surface area contributed by atoms with E-state index in [-0.39, 0.29) is 29.4 Å². The number of rotatable bonds is 3. The summed E-state index contributed by atoms with van der Waals surface area (Å²) in [6.45, 7) is 0.510. The molecule has 0 atom stereocenters. The molecule has 0 radical (unpaired) electrons. The molecule has 0 amide bonds. The van der Waals surface area contributed by atoms with Crippen molar-refractivity contribution >= 4 is 36.5 Å². The number of benzene rings is 3. The first-order valence-electron chi connectivity index (χ1n) is 8.50. The summed E-state index contributed by atoms with van der Waals surface area (Å²) in [4.78, 5) is 0.228. The van der Waals surface area contributed by atoms with Gasteiger partial charge < -0.3 is 5.11 Å². The average molecular weight is 418 g/mol. The second-order valence-electron chi connectivity index (χ2n) is 6.67. The van der Waals surface area contributed by atoms with E-state index in [1.54, 1.807) is 30.3 Å². The third kappa shape index (κ3) is 3.32. The Bertz CT molecular complexity index is 1300. The number of hydrogen-bond acceptors (Lipinski definition) is 5. The molecule has 1 saturated heterocycles. The van der Waals surface area contributed by atoms with Gasteiger partial charge in [-0.25, -0.2) is 8.42 Å². The van der Waals surface area contributed by atoms with E-state index in [9.17, 15) is 21.9 Å². The molecule has 146 valence electrons. The molecular formula is C19H18N2O5S2. The van der Waals surface area contributed by atoms with Gasteiger partial charge in [-0.2, -0.15) is 13.1 Å². The fraction of sp³-hybridized carbons (Fsp3) is 0.158. The van der Waals surface area contributed by atoms with Crippen LogP contribution in [-0.4, -0.2) is 41.3 Å². The van der Waals surface area contributed by atoms with Crippen molar-refractivity contribution in [3.05, 3.63) is 54.6 Å². The molecule has 0 aromatic heterocycles. The lowest BCUT2D eigenvalue weighted by molar-refractivity contribution is 0.476. The Hall–Kier alpha value is -2.62. The summed E-state index contributed by atoms with van der Waals surface area (Å²) < 4.78 is 51.4. The van der Waals surface area contributed by atoms with Gasteiger partial charge in [0.15, 0.2) is 9.84 Å². The van der Waals surface area contributed by atoms with Gasteiger partial charge in [-0.05, 0) is 52.2 Å². The average Bonchev–Trinajstić information content (AvgIpc) is 2.99.